The van der Waals surface area contributed by atoms with E-state index in [1.54, 1.807) is 13.1 Å². The van der Waals surface area contributed by atoms with E-state index in [4.69, 9.17) is 4.52 Å². The summed E-state index contributed by atoms with van der Waals surface area (Å²) in [6.07, 6.45) is 9.39. The van der Waals surface area contributed by atoms with Crippen molar-refractivity contribution >= 4 is 11.7 Å². The van der Waals surface area contributed by atoms with Crippen molar-refractivity contribution in [2.45, 2.75) is 45.4 Å². The average Bonchev–Trinajstić information content (AvgIpc) is 3.19. The van der Waals surface area contributed by atoms with Crippen molar-refractivity contribution in [1.82, 2.24) is 20.0 Å². The van der Waals surface area contributed by atoms with Gasteiger partial charge in [-0.25, -0.2) is 4.98 Å². The molecule has 0 N–H and O–H groups in total. The van der Waals surface area contributed by atoms with Crippen LogP contribution in [-0.4, -0.2) is 52.1 Å². The summed E-state index contributed by atoms with van der Waals surface area (Å²) >= 11 is 0. The lowest BCUT2D eigenvalue weighted by atomic mass is 9.49. The fourth-order valence-electron chi connectivity index (χ4n) is 6.97. The zero-order valence-corrected chi connectivity index (χ0v) is 17.6. The number of pyridine rings is 1. The normalized spacial score (nSPS) is 32.6. The number of aromatic nitrogens is 3. The SMILES string of the molecule is Cc1nc(-c2ccc(N3CCN(C(=O)C45CC6CC(CC(C6)C4)C5)CC3)nc2)no1. The molecule has 0 aromatic carbocycles. The minimum atomic E-state index is -0.0282. The van der Waals surface area contributed by atoms with E-state index in [2.05, 4.69) is 24.9 Å². The van der Waals surface area contributed by atoms with Crippen molar-refractivity contribution in [3.63, 3.8) is 0 Å². The number of anilines is 1. The Hall–Kier alpha value is -2.44. The fourth-order valence-corrected chi connectivity index (χ4v) is 6.97. The predicted molar refractivity (Wildman–Crippen MR) is 112 cm³/mol. The molecule has 7 nitrogen and oxygen atoms in total. The van der Waals surface area contributed by atoms with Crippen LogP contribution in [0.4, 0.5) is 5.82 Å². The minimum Gasteiger partial charge on any atom is -0.353 e. The maximum Gasteiger partial charge on any atom is 0.228 e. The molecule has 1 amide bonds. The summed E-state index contributed by atoms with van der Waals surface area (Å²) in [4.78, 5) is 26.9. The molecular weight excluding hydrogens is 378 g/mol. The van der Waals surface area contributed by atoms with Gasteiger partial charge < -0.3 is 14.3 Å². The second-order valence-corrected chi connectivity index (χ2v) is 10.0. The van der Waals surface area contributed by atoms with E-state index >= 15 is 0 Å². The van der Waals surface area contributed by atoms with E-state index in [0.717, 1.165) is 74.6 Å². The van der Waals surface area contributed by atoms with Crippen LogP contribution in [0.25, 0.3) is 11.4 Å². The number of hydrogen-bond donors (Lipinski definition) is 0. The highest BCUT2D eigenvalue weighted by Gasteiger charge is 2.55. The van der Waals surface area contributed by atoms with Crippen molar-refractivity contribution < 1.29 is 9.32 Å². The molecule has 3 heterocycles. The molecule has 1 aliphatic heterocycles. The Bertz CT molecular complexity index is 909. The van der Waals surface area contributed by atoms with E-state index in [0.29, 0.717) is 17.6 Å². The van der Waals surface area contributed by atoms with E-state index in [1.807, 2.05) is 12.1 Å². The highest BCUT2D eigenvalue weighted by atomic mass is 16.5. The highest BCUT2D eigenvalue weighted by molar-refractivity contribution is 5.83. The molecule has 7 rings (SSSR count). The monoisotopic (exact) mass is 407 g/mol. The number of rotatable bonds is 3. The van der Waals surface area contributed by atoms with Gasteiger partial charge in [-0.2, -0.15) is 4.98 Å². The number of amides is 1. The number of carbonyl (C=O) groups is 1. The standard InChI is InChI=1S/C23H29N5O2/c1-15-25-21(26-30-15)19-2-3-20(24-14-19)27-4-6-28(7-5-27)22(29)23-11-16-8-17(12-23)10-18(9-16)13-23/h2-3,14,16-18H,4-13H2,1H3. The molecule has 158 valence electrons. The first-order valence-electron chi connectivity index (χ1n) is 11.4. The Morgan fingerprint density at radius 2 is 1.70 bits per heavy atom. The van der Waals surface area contributed by atoms with Crippen LogP contribution in [0.2, 0.25) is 0 Å². The Kier molecular flexibility index (Phi) is 4.15. The fraction of sp³-hybridized carbons (Fsp3) is 0.652. The van der Waals surface area contributed by atoms with Gasteiger partial charge in [-0.15, -0.1) is 0 Å². The summed E-state index contributed by atoms with van der Waals surface area (Å²) in [7, 11) is 0. The van der Waals surface area contributed by atoms with Crippen molar-refractivity contribution in [1.29, 1.82) is 0 Å². The molecule has 2 aromatic rings. The quantitative estimate of drug-likeness (QED) is 0.777. The Labute approximate surface area is 176 Å². The lowest BCUT2D eigenvalue weighted by molar-refractivity contribution is -0.158. The zero-order chi connectivity index (χ0) is 20.3. The molecule has 7 heteroatoms. The molecular formula is C23H29N5O2. The smallest absolute Gasteiger partial charge is 0.228 e. The van der Waals surface area contributed by atoms with Crippen molar-refractivity contribution in [2.75, 3.05) is 31.1 Å². The molecule has 5 aliphatic rings. The molecule has 1 saturated heterocycles. The van der Waals surface area contributed by atoms with Crippen molar-refractivity contribution in [3.05, 3.63) is 24.2 Å². The van der Waals surface area contributed by atoms with Crippen LogP contribution >= 0.6 is 0 Å². The van der Waals surface area contributed by atoms with Gasteiger partial charge >= 0.3 is 0 Å². The number of nitrogens with zero attached hydrogens (tertiary/aromatic N) is 5. The third kappa shape index (κ3) is 3.01. The first kappa shape index (κ1) is 18.3. The summed E-state index contributed by atoms with van der Waals surface area (Å²) in [6.45, 7) is 5.06. The predicted octanol–water partition coefficient (Wildman–Crippen LogP) is 3.31. The topological polar surface area (TPSA) is 75.4 Å². The second-order valence-electron chi connectivity index (χ2n) is 10.0. The van der Waals surface area contributed by atoms with Gasteiger partial charge in [0.2, 0.25) is 17.6 Å². The molecule has 5 fully saturated rings. The van der Waals surface area contributed by atoms with Crippen molar-refractivity contribution in [2.24, 2.45) is 23.2 Å². The van der Waals surface area contributed by atoms with Gasteiger partial charge in [0.1, 0.15) is 5.82 Å². The van der Waals surface area contributed by atoms with Gasteiger partial charge in [-0.1, -0.05) is 5.16 Å². The largest absolute Gasteiger partial charge is 0.353 e. The molecule has 0 unspecified atom stereocenters. The van der Waals surface area contributed by atoms with Gasteiger partial charge in [-0.05, 0) is 68.4 Å². The zero-order valence-electron chi connectivity index (χ0n) is 17.6. The third-order valence-corrected chi connectivity index (χ3v) is 7.92. The average molecular weight is 408 g/mol. The van der Waals surface area contributed by atoms with Gasteiger partial charge in [0.15, 0.2) is 0 Å². The first-order chi connectivity index (χ1) is 14.6. The van der Waals surface area contributed by atoms with Crippen LogP contribution in [0.15, 0.2) is 22.9 Å². The van der Waals surface area contributed by atoms with Crippen LogP contribution in [0, 0.1) is 30.1 Å². The molecule has 0 atom stereocenters. The number of piperazine rings is 1. The molecule has 4 aliphatic carbocycles. The van der Waals surface area contributed by atoms with Gasteiger partial charge in [0, 0.05) is 44.9 Å². The summed E-state index contributed by atoms with van der Waals surface area (Å²) < 4.78 is 5.05. The molecule has 0 spiro atoms. The van der Waals surface area contributed by atoms with E-state index < -0.39 is 0 Å². The van der Waals surface area contributed by atoms with Crippen LogP contribution in [0.1, 0.15) is 44.4 Å². The summed E-state index contributed by atoms with van der Waals surface area (Å²) in [5.74, 6) is 4.95. The van der Waals surface area contributed by atoms with E-state index in [1.165, 1.54) is 19.3 Å². The van der Waals surface area contributed by atoms with Crippen LogP contribution in [-0.2, 0) is 4.79 Å². The maximum absolute atomic E-state index is 13.6. The van der Waals surface area contributed by atoms with Crippen LogP contribution in [0.5, 0.6) is 0 Å². The van der Waals surface area contributed by atoms with E-state index in [-0.39, 0.29) is 5.41 Å². The van der Waals surface area contributed by atoms with Gasteiger partial charge in [0.25, 0.3) is 0 Å². The van der Waals surface area contributed by atoms with Crippen molar-refractivity contribution in [3.8, 4) is 11.4 Å². The minimum absolute atomic E-state index is 0.0282. The second kappa shape index (κ2) is 6.79. The molecule has 4 bridgehead atoms. The van der Waals surface area contributed by atoms with Crippen LogP contribution < -0.4 is 4.90 Å². The maximum atomic E-state index is 13.6. The molecule has 4 saturated carbocycles. The lowest BCUT2D eigenvalue weighted by Gasteiger charge is -2.57. The van der Waals surface area contributed by atoms with E-state index in [9.17, 15) is 4.79 Å². The summed E-state index contributed by atoms with van der Waals surface area (Å²) in [5.41, 5.74) is 0.825. The molecule has 0 radical (unpaired) electrons. The Balaban J connectivity index is 1.11. The third-order valence-electron chi connectivity index (χ3n) is 7.92. The number of aryl methyl sites for hydroxylation is 1. The number of hydrogen-bond acceptors (Lipinski definition) is 6. The van der Waals surface area contributed by atoms with Crippen LogP contribution in [0.3, 0.4) is 0 Å². The Morgan fingerprint density at radius 3 is 2.23 bits per heavy atom. The molecule has 2 aromatic heterocycles. The summed E-state index contributed by atoms with van der Waals surface area (Å²) in [6, 6.07) is 4.00. The first-order valence-corrected chi connectivity index (χ1v) is 11.4. The lowest BCUT2D eigenvalue weighted by Crippen LogP contribution is -2.58. The van der Waals surface area contributed by atoms with Gasteiger partial charge in [0.05, 0.1) is 5.41 Å². The Morgan fingerprint density at radius 1 is 1.03 bits per heavy atom. The highest BCUT2D eigenvalue weighted by Crippen LogP contribution is 2.60. The summed E-state index contributed by atoms with van der Waals surface area (Å²) in [5, 5.41) is 3.95. The number of carbonyl (C=O) groups excluding carboxylic acids is 1. The molecule has 30 heavy (non-hydrogen) atoms. The van der Waals surface area contributed by atoms with Gasteiger partial charge in [-0.3, -0.25) is 4.79 Å².